The average molecular weight is 415 g/mol. The Bertz CT molecular complexity index is 1150. The fourth-order valence-electron chi connectivity index (χ4n) is 4.04. The molecule has 0 bridgehead atoms. The molecule has 1 aromatic heterocycles. The van der Waals surface area contributed by atoms with Crippen molar-refractivity contribution in [2.45, 2.75) is 27.2 Å². The smallest absolute Gasteiger partial charge is 0.251 e. The Morgan fingerprint density at radius 1 is 1.03 bits per heavy atom. The first-order valence-corrected chi connectivity index (χ1v) is 11.1. The van der Waals surface area contributed by atoms with Crippen molar-refractivity contribution in [2.75, 3.05) is 26.2 Å². The fraction of sp³-hybridized carbons (Fsp3) is 0.308. The normalized spacial score (nSPS) is 11.5. The number of aryl methyl sites for hydroxylation is 1. The third-order valence-electron chi connectivity index (χ3n) is 5.92. The molecular weight excluding hydrogens is 384 g/mol. The third-order valence-corrected chi connectivity index (χ3v) is 5.92. The molecule has 5 heteroatoms. The predicted molar refractivity (Wildman–Crippen MR) is 129 cm³/mol. The molecule has 1 amide bonds. The quantitative estimate of drug-likeness (QED) is 0.392. The summed E-state index contributed by atoms with van der Waals surface area (Å²) in [5.41, 5.74) is 4.69. The van der Waals surface area contributed by atoms with Gasteiger partial charge in [-0.15, -0.1) is 0 Å². The van der Waals surface area contributed by atoms with E-state index in [9.17, 15) is 4.79 Å². The summed E-state index contributed by atoms with van der Waals surface area (Å²) in [6, 6.07) is 18.3. The van der Waals surface area contributed by atoms with Gasteiger partial charge in [0.05, 0.1) is 11.0 Å². The standard InChI is InChI=1S/C26H30N4O/c1-4-30(5-2)14-8-13-27-26(31)21-11-12-22(18(3)15-21)25-28-23-16-19-9-6-7-10-20(19)17-24(23)29-25/h6-7,9-12,15-17H,4-5,8,13-14H2,1-3H3,(H,27,31)(H,28,29). The maximum atomic E-state index is 12.6. The molecule has 0 aliphatic rings. The van der Waals surface area contributed by atoms with E-state index in [0.29, 0.717) is 12.1 Å². The lowest BCUT2D eigenvalue weighted by Crippen LogP contribution is -2.29. The number of amides is 1. The van der Waals surface area contributed by atoms with E-state index in [1.165, 1.54) is 10.8 Å². The van der Waals surface area contributed by atoms with E-state index >= 15 is 0 Å². The summed E-state index contributed by atoms with van der Waals surface area (Å²) in [7, 11) is 0. The molecular formula is C26H30N4O. The number of carbonyl (C=O) groups is 1. The summed E-state index contributed by atoms with van der Waals surface area (Å²) in [4.78, 5) is 23.2. The van der Waals surface area contributed by atoms with Gasteiger partial charge in [0.2, 0.25) is 0 Å². The fourth-order valence-corrected chi connectivity index (χ4v) is 4.04. The van der Waals surface area contributed by atoms with Gasteiger partial charge in [-0.1, -0.05) is 44.2 Å². The second-order valence-corrected chi connectivity index (χ2v) is 7.97. The third kappa shape index (κ3) is 4.62. The van der Waals surface area contributed by atoms with Gasteiger partial charge in [0.1, 0.15) is 5.82 Å². The van der Waals surface area contributed by atoms with Gasteiger partial charge >= 0.3 is 0 Å². The van der Waals surface area contributed by atoms with Crippen molar-refractivity contribution in [3.05, 3.63) is 65.7 Å². The van der Waals surface area contributed by atoms with Crippen LogP contribution in [0.15, 0.2) is 54.6 Å². The second kappa shape index (κ2) is 9.31. The summed E-state index contributed by atoms with van der Waals surface area (Å²) in [5.74, 6) is 0.805. The molecule has 0 aliphatic carbocycles. The van der Waals surface area contributed by atoms with Gasteiger partial charge in [-0.05, 0) is 73.6 Å². The van der Waals surface area contributed by atoms with Crippen LogP contribution in [0.25, 0.3) is 33.2 Å². The van der Waals surface area contributed by atoms with Crippen LogP contribution in [-0.4, -0.2) is 47.0 Å². The molecule has 0 radical (unpaired) electrons. The van der Waals surface area contributed by atoms with Crippen molar-refractivity contribution < 1.29 is 4.79 Å². The van der Waals surface area contributed by atoms with Gasteiger partial charge in [0, 0.05) is 17.7 Å². The Hall–Kier alpha value is -3.18. The lowest BCUT2D eigenvalue weighted by molar-refractivity contribution is 0.0951. The number of benzene rings is 3. The number of rotatable bonds is 8. The Balaban J connectivity index is 1.48. The molecule has 0 saturated carbocycles. The first kappa shape index (κ1) is 21.1. The van der Waals surface area contributed by atoms with Gasteiger partial charge in [-0.2, -0.15) is 0 Å². The maximum Gasteiger partial charge on any atom is 0.251 e. The van der Waals surface area contributed by atoms with E-state index < -0.39 is 0 Å². The Morgan fingerprint density at radius 2 is 1.77 bits per heavy atom. The van der Waals surface area contributed by atoms with Crippen LogP contribution in [0.3, 0.4) is 0 Å². The lowest BCUT2D eigenvalue weighted by atomic mass is 10.0. The molecule has 0 atom stereocenters. The highest BCUT2D eigenvalue weighted by atomic mass is 16.1. The highest BCUT2D eigenvalue weighted by Gasteiger charge is 2.12. The largest absolute Gasteiger partial charge is 0.352 e. The van der Waals surface area contributed by atoms with Gasteiger partial charge in [0.15, 0.2) is 0 Å². The molecule has 0 spiro atoms. The molecule has 0 aliphatic heterocycles. The van der Waals surface area contributed by atoms with Crippen LogP contribution >= 0.6 is 0 Å². The van der Waals surface area contributed by atoms with Crippen molar-refractivity contribution in [1.82, 2.24) is 20.2 Å². The SMILES string of the molecule is CCN(CC)CCCNC(=O)c1ccc(-c2nc3cc4ccccc4cc3[nH]2)c(C)c1. The minimum Gasteiger partial charge on any atom is -0.352 e. The summed E-state index contributed by atoms with van der Waals surface area (Å²) in [5, 5.41) is 5.41. The number of imidazole rings is 1. The van der Waals surface area contributed by atoms with Gasteiger partial charge in [0.25, 0.3) is 5.91 Å². The number of hydrogen-bond donors (Lipinski definition) is 2. The van der Waals surface area contributed by atoms with E-state index in [0.717, 1.165) is 54.0 Å². The number of aromatic amines is 1. The molecule has 0 saturated heterocycles. The molecule has 160 valence electrons. The first-order valence-electron chi connectivity index (χ1n) is 11.1. The summed E-state index contributed by atoms with van der Waals surface area (Å²) in [6.07, 6.45) is 0.956. The van der Waals surface area contributed by atoms with Crippen molar-refractivity contribution in [3.63, 3.8) is 0 Å². The molecule has 31 heavy (non-hydrogen) atoms. The highest BCUT2D eigenvalue weighted by Crippen LogP contribution is 2.27. The van der Waals surface area contributed by atoms with Gasteiger partial charge in [-0.3, -0.25) is 4.79 Å². The van der Waals surface area contributed by atoms with Crippen molar-refractivity contribution in [2.24, 2.45) is 0 Å². The Morgan fingerprint density at radius 3 is 2.48 bits per heavy atom. The molecule has 5 nitrogen and oxygen atoms in total. The van der Waals surface area contributed by atoms with E-state index in [1.54, 1.807) is 0 Å². The van der Waals surface area contributed by atoms with Crippen LogP contribution in [0, 0.1) is 6.92 Å². The highest BCUT2D eigenvalue weighted by molar-refractivity contribution is 5.97. The van der Waals surface area contributed by atoms with Gasteiger partial charge in [-0.25, -0.2) is 4.98 Å². The molecule has 1 heterocycles. The van der Waals surface area contributed by atoms with Crippen LogP contribution in [0.5, 0.6) is 0 Å². The molecule has 0 fully saturated rings. The van der Waals surface area contributed by atoms with Crippen molar-refractivity contribution in [3.8, 4) is 11.4 Å². The number of H-pyrrole nitrogens is 1. The summed E-state index contributed by atoms with van der Waals surface area (Å²) >= 11 is 0. The molecule has 4 aromatic rings. The van der Waals surface area contributed by atoms with Crippen LogP contribution < -0.4 is 5.32 Å². The van der Waals surface area contributed by atoms with E-state index in [-0.39, 0.29) is 5.91 Å². The van der Waals surface area contributed by atoms with Gasteiger partial charge < -0.3 is 15.2 Å². The molecule has 3 aromatic carbocycles. The maximum absolute atomic E-state index is 12.6. The number of fused-ring (bicyclic) bond motifs is 2. The minimum absolute atomic E-state index is 0.0231. The predicted octanol–water partition coefficient (Wildman–Crippen LogP) is 5.15. The van der Waals surface area contributed by atoms with Crippen molar-refractivity contribution >= 4 is 27.7 Å². The van der Waals surface area contributed by atoms with Crippen LogP contribution in [-0.2, 0) is 0 Å². The zero-order valence-corrected chi connectivity index (χ0v) is 18.5. The zero-order valence-electron chi connectivity index (χ0n) is 18.5. The Kier molecular flexibility index (Phi) is 6.33. The minimum atomic E-state index is -0.0231. The number of nitrogens with one attached hydrogen (secondary N) is 2. The number of nitrogens with zero attached hydrogens (tertiary/aromatic N) is 2. The topological polar surface area (TPSA) is 61.0 Å². The van der Waals surface area contributed by atoms with Crippen LogP contribution in [0.4, 0.5) is 0 Å². The van der Waals surface area contributed by atoms with Crippen molar-refractivity contribution in [1.29, 1.82) is 0 Å². The second-order valence-electron chi connectivity index (χ2n) is 7.97. The molecule has 2 N–H and O–H groups in total. The van der Waals surface area contributed by atoms with E-state index in [1.807, 2.05) is 37.3 Å². The Labute approximate surface area is 183 Å². The lowest BCUT2D eigenvalue weighted by Gasteiger charge is -2.17. The number of carbonyl (C=O) groups excluding carboxylic acids is 1. The van der Waals surface area contributed by atoms with Crippen LogP contribution in [0.2, 0.25) is 0 Å². The number of hydrogen-bond acceptors (Lipinski definition) is 3. The summed E-state index contributed by atoms with van der Waals surface area (Å²) < 4.78 is 0. The monoisotopic (exact) mass is 414 g/mol. The molecule has 0 unspecified atom stereocenters. The van der Waals surface area contributed by atoms with E-state index in [2.05, 4.69) is 53.3 Å². The van der Waals surface area contributed by atoms with E-state index in [4.69, 9.17) is 4.98 Å². The average Bonchev–Trinajstić information content (AvgIpc) is 3.19. The first-order chi connectivity index (χ1) is 15.1. The molecule has 4 rings (SSSR count). The zero-order chi connectivity index (χ0) is 21.8. The number of aromatic nitrogens is 2. The van der Waals surface area contributed by atoms with Crippen LogP contribution in [0.1, 0.15) is 36.2 Å². The summed E-state index contributed by atoms with van der Waals surface area (Å²) in [6.45, 7) is 10.1.